The molecule has 340 valence electrons. The Kier molecular flexibility index (Phi) is 15.1. The molecule has 0 unspecified atom stereocenters. The van der Waals surface area contributed by atoms with Crippen molar-refractivity contribution in [3.8, 4) is 33.9 Å². The van der Waals surface area contributed by atoms with Crippen LogP contribution in [0.15, 0.2) is 129 Å². The Morgan fingerprint density at radius 2 is 1.03 bits per heavy atom. The number of anilines is 2. The lowest BCUT2D eigenvalue weighted by atomic mass is 10.1. The first kappa shape index (κ1) is 47.3. The first-order chi connectivity index (χ1) is 31.9. The van der Waals surface area contributed by atoms with E-state index in [2.05, 4.69) is 30.6 Å². The van der Waals surface area contributed by atoms with Gasteiger partial charge in [0.25, 0.3) is 11.1 Å². The largest absolute Gasteiger partial charge is 0.394 e. The first-order valence-corrected chi connectivity index (χ1v) is 22.4. The summed E-state index contributed by atoms with van der Waals surface area (Å²) >= 11 is 3.08. The first-order valence-electron chi connectivity index (χ1n) is 19.9. The minimum atomic E-state index is -0.924. The van der Waals surface area contributed by atoms with Crippen molar-refractivity contribution in [2.24, 2.45) is 0 Å². The van der Waals surface area contributed by atoms with Gasteiger partial charge in [0.1, 0.15) is 23.3 Å². The molecule has 0 saturated heterocycles. The molecule has 0 spiro atoms. The van der Waals surface area contributed by atoms with Crippen LogP contribution < -0.4 is 21.8 Å². The number of nitrogens with one attached hydrogen (secondary N) is 2. The number of hydrogen-bond acceptors (Lipinski definition) is 14. The molecule has 4 heterocycles. The molecule has 0 atom stereocenters. The summed E-state index contributed by atoms with van der Waals surface area (Å²) in [5, 5.41) is 44.5. The van der Waals surface area contributed by atoms with Crippen molar-refractivity contribution >= 4 is 57.5 Å². The lowest BCUT2D eigenvalue weighted by Gasteiger charge is -2.18. The Morgan fingerprint density at radius 1 is 0.561 bits per heavy atom. The van der Waals surface area contributed by atoms with Gasteiger partial charge in [0.15, 0.2) is 11.3 Å². The molecule has 0 fully saturated rings. The molecule has 66 heavy (non-hydrogen) atoms. The number of aliphatic hydroxyl groups is 4. The Hall–Kier alpha value is -6.68. The average molecular weight is 941 g/mol. The summed E-state index contributed by atoms with van der Waals surface area (Å²) in [6.07, 6.45) is 3.87. The van der Waals surface area contributed by atoms with Crippen LogP contribution in [0.4, 0.5) is 29.5 Å². The van der Waals surface area contributed by atoms with Crippen LogP contribution in [0.3, 0.4) is 0 Å². The predicted molar refractivity (Wildman–Crippen MR) is 248 cm³/mol. The van der Waals surface area contributed by atoms with Gasteiger partial charge in [-0.05, 0) is 67.1 Å². The molecule has 4 aromatic carbocycles. The van der Waals surface area contributed by atoms with Gasteiger partial charge in [-0.1, -0.05) is 30.3 Å². The van der Waals surface area contributed by atoms with Crippen LogP contribution in [0.25, 0.3) is 56.0 Å². The van der Waals surface area contributed by atoms with Crippen molar-refractivity contribution in [2.75, 3.05) is 49.6 Å². The minimum Gasteiger partial charge on any atom is -0.394 e. The molecule has 8 aromatic rings. The van der Waals surface area contributed by atoms with Crippen LogP contribution in [0.1, 0.15) is 0 Å². The molecule has 0 radical (unpaired) electrons. The number of thioether (sulfide) groups is 2. The molecule has 6 N–H and O–H groups in total. The van der Waals surface area contributed by atoms with E-state index >= 15 is 0 Å². The van der Waals surface area contributed by atoms with Crippen molar-refractivity contribution < 1.29 is 38.0 Å². The highest BCUT2D eigenvalue weighted by Crippen LogP contribution is 2.35. The SMILES string of the molecule is CSc1ccc(-c2nc(NC(CO)CO)nc3c2ccc(=O)n3-c2ccc(F)cc2F)cc1.CSc1ccccc1-c1nc(NC(CO)CO)nc2c1ccc(=O)n2-c1ccc(F)cc1F. The fourth-order valence-corrected chi connectivity index (χ4v) is 7.84. The average Bonchev–Trinajstić information content (AvgIpc) is 3.32. The molecule has 4 aromatic heterocycles. The molecule has 14 nitrogen and oxygen atoms in total. The van der Waals surface area contributed by atoms with Crippen LogP contribution >= 0.6 is 23.5 Å². The van der Waals surface area contributed by atoms with Crippen molar-refractivity contribution in [2.45, 2.75) is 21.9 Å². The maximum Gasteiger partial charge on any atom is 0.256 e. The normalized spacial score (nSPS) is 11.3. The van der Waals surface area contributed by atoms with Gasteiger partial charge in [-0.2, -0.15) is 9.97 Å². The summed E-state index contributed by atoms with van der Waals surface area (Å²) < 4.78 is 58.4. The van der Waals surface area contributed by atoms with Crippen molar-refractivity contribution in [3.05, 3.63) is 153 Å². The zero-order valence-corrected chi connectivity index (χ0v) is 36.6. The lowest BCUT2D eigenvalue weighted by Crippen LogP contribution is -2.29. The Morgan fingerprint density at radius 3 is 1.48 bits per heavy atom. The molecule has 0 aliphatic rings. The van der Waals surface area contributed by atoms with E-state index in [0.29, 0.717) is 34.3 Å². The van der Waals surface area contributed by atoms with E-state index in [-0.39, 0.29) is 61.0 Å². The zero-order valence-electron chi connectivity index (χ0n) is 35.0. The second-order valence-corrected chi connectivity index (χ2v) is 16.0. The fraction of sp³-hybridized carbons (Fsp3) is 0.174. The quantitative estimate of drug-likeness (QED) is 0.0515. The molecule has 0 aliphatic carbocycles. The van der Waals surface area contributed by atoms with Crippen LogP contribution in [0, 0.1) is 23.3 Å². The van der Waals surface area contributed by atoms with Gasteiger partial charge >= 0.3 is 0 Å². The smallest absolute Gasteiger partial charge is 0.256 e. The van der Waals surface area contributed by atoms with Gasteiger partial charge in [-0.25, -0.2) is 27.5 Å². The van der Waals surface area contributed by atoms with Gasteiger partial charge in [0.05, 0.1) is 61.3 Å². The second kappa shape index (κ2) is 21.1. The number of rotatable bonds is 14. The van der Waals surface area contributed by atoms with Crippen molar-refractivity contribution in [1.29, 1.82) is 0 Å². The summed E-state index contributed by atoms with van der Waals surface area (Å²) in [5.41, 5.74) is 1.12. The third-order valence-electron chi connectivity index (χ3n) is 10.1. The van der Waals surface area contributed by atoms with E-state index < -0.39 is 46.5 Å². The van der Waals surface area contributed by atoms with E-state index in [0.717, 1.165) is 48.3 Å². The number of aromatic nitrogens is 6. The highest BCUT2D eigenvalue weighted by Gasteiger charge is 2.21. The second-order valence-electron chi connectivity index (χ2n) is 14.3. The van der Waals surface area contributed by atoms with Gasteiger partial charge in [0.2, 0.25) is 11.9 Å². The van der Waals surface area contributed by atoms with Crippen molar-refractivity contribution in [1.82, 2.24) is 29.1 Å². The summed E-state index contributed by atoms with van der Waals surface area (Å²) in [4.78, 5) is 45.5. The van der Waals surface area contributed by atoms with Crippen LogP contribution in [0.5, 0.6) is 0 Å². The highest BCUT2D eigenvalue weighted by molar-refractivity contribution is 7.99. The maximum atomic E-state index is 14.7. The Bertz CT molecular complexity index is 3160. The lowest BCUT2D eigenvalue weighted by molar-refractivity contribution is 0.203. The summed E-state index contributed by atoms with van der Waals surface area (Å²) in [6, 6.07) is 25.0. The highest BCUT2D eigenvalue weighted by atomic mass is 32.2. The van der Waals surface area contributed by atoms with Gasteiger partial charge < -0.3 is 31.1 Å². The molecule has 0 aliphatic heterocycles. The molecule has 20 heteroatoms. The number of hydrogen-bond donors (Lipinski definition) is 6. The van der Waals surface area contributed by atoms with Crippen LogP contribution in [-0.2, 0) is 0 Å². The predicted octanol–water partition coefficient (Wildman–Crippen LogP) is 6.43. The van der Waals surface area contributed by atoms with Gasteiger partial charge in [0, 0.05) is 56.0 Å². The third kappa shape index (κ3) is 10.1. The minimum absolute atomic E-state index is 0.0291. The molecular formula is C46H40F4N8O6S2. The van der Waals surface area contributed by atoms with E-state index in [9.17, 15) is 47.6 Å². The third-order valence-corrected chi connectivity index (χ3v) is 11.6. The number of benzene rings is 4. The van der Waals surface area contributed by atoms with Gasteiger partial charge in [-0.3, -0.25) is 18.7 Å². The maximum absolute atomic E-state index is 14.7. The van der Waals surface area contributed by atoms with Crippen LogP contribution in [0.2, 0.25) is 0 Å². The molecular weight excluding hydrogens is 901 g/mol. The van der Waals surface area contributed by atoms with E-state index in [1.54, 1.807) is 23.9 Å². The standard InChI is InChI=1S/2C23H20F2N4O3S/c1-33-16-5-2-13(3-6-16)21-17-7-9-20(32)29(19-8-4-14(24)10-18(19)25)22(17)28-23(27-21)26-15(11-30)12-31;1-33-19-5-3-2-4-15(19)21-16-7-9-20(32)29(18-8-6-13(24)10-17(18)25)22(16)28-23(27-21)26-14(11-30)12-31/h2-10,15,30-31H,11-12H2,1H3,(H,26,27,28);2-10,14,30-31H,11-12H2,1H3,(H,26,27,28). The number of fused-ring (bicyclic) bond motifs is 2. The zero-order chi connectivity index (χ0) is 47.1. The summed E-state index contributed by atoms with van der Waals surface area (Å²) in [6.45, 7) is -1.54. The number of aliphatic hydroxyl groups excluding tert-OH is 4. The number of pyridine rings is 2. The number of nitrogens with zero attached hydrogens (tertiary/aromatic N) is 6. The summed E-state index contributed by atoms with van der Waals surface area (Å²) in [7, 11) is 0. The topological polar surface area (TPSA) is 201 Å². The molecule has 0 bridgehead atoms. The number of halogens is 4. The van der Waals surface area contributed by atoms with Crippen molar-refractivity contribution in [3.63, 3.8) is 0 Å². The Balaban J connectivity index is 0.000000196. The molecule has 0 saturated carbocycles. The van der Waals surface area contributed by atoms with E-state index in [4.69, 9.17) is 0 Å². The Labute approximate surface area is 381 Å². The van der Waals surface area contributed by atoms with E-state index in [1.165, 1.54) is 30.0 Å². The van der Waals surface area contributed by atoms with Crippen LogP contribution in [-0.4, -0.2) is 101 Å². The molecule has 8 rings (SSSR count). The molecule has 0 amide bonds. The van der Waals surface area contributed by atoms with E-state index in [1.807, 2.05) is 61.0 Å². The fourth-order valence-electron chi connectivity index (χ4n) is 6.83. The monoisotopic (exact) mass is 940 g/mol. The van der Waals surface area contributed by atoms with Gasteiger partial charge in [-0.15, -0.1) is 23.5 Å². The summed E-state index contributed by atoms with van der Waals surface area (Å²) in [5.74, 6) is -3.33.